The summed E-state index contributed by atoms with van der Waals surface area (Å²) in [5.41, 5.74) is 1.74. The highest BCUT2D eigenvalue weighted by molar-refractivity contribution is 6.35. The Morgan fingerprint density at radius 2 is 2.00 bits per heavy atom. The van der Waals surface area contributed by atoms with Gasteiger partial charge in [-0.2, -0.15) is 0 Å². The van der Waals surface area contributed by atoms with Gasteiger partial charge in [0, 0.05) is 42.4 Å². The molecular weight excluding hydrogens is 423 g/mol. The lowest BCUT2D eigenvalue weighted by molar-refractivity contribution is -0.120. The van der Waals surface area contributed by atoms with Crippen molar-refractivity contribution in [2.24, 2.45) is 0 Å². The number of ether oxygens (including phenoxy) is 2. The van der Waals surface area contributed by atoms with Crippen LogP contribution < -0.4 is 10.1 Å². The largest absolute Gasteiger partial charge is 0.492 e. The van der Waals surface area contributed by atoms with E-state index in [1.165, 1.54) is 0 Å². The van der Waals surface area contributed by atoms with Crippen LogP contribution in [0.5, 0.6) is 5.75 Å². The molecule has 7 heteroatoms. The summed E-state index contributed by atoms with van der Waals surface area (Å²) in [4.78, 5) is 14.6. The number of hydrogen-bond donors (Lipinski definition) is 1. The highest BCUT2D eigenvalue weighted by atomic mass is 35.5. The van der Waals surface area contributed by atoms with E-state index in [4.69, 9.17) is 32.7 Å². The van der Waals surface area contributed by atoms with Crippen LogP contribution in [0.3, 0.4) is 0 Å². The summed E-state index contributed by atoms with van der Waals surface area (Å²) in [5, 5.41) is 3.98. The van der Waals surface area contributed by atoms with E-state index >= 15 is 0 Å². The van der Waals surface area contributed by atoms with Gasteiger partial charge in [-0.1, -0.05) is 41.4 Å². The maximum Gasteiger partial charge on any atom is 0.224 e. The molecule has 1 amide bonds. The minimum absolute atomic E-state index is 0.0939. The number of nitrogens with zero attached hydrogens (tertiary/aromatic N) is 1. The van der Waals surface area contributed by atoms with Gasteiger partial charge in [0.05, 0.1) is 6.42 Å². The number of rotatable bonds is 9. The predicted molar refractivity (Wildman–Crippen MR) is 120 cm³/mol. The monoisotopic (exact) mass is 450 g/mol. The number of carbonyl (C=O) groups excluding carboxylic acids is 1. The predicted octanol–water partition coefficient (Wildman–Crippen LogP) is 4.34. The van der Waals surface area contributed by atoms with Gasteiger partial charge in [0.25, 0.3) is 0 Å². The molecule has 30 heavy (non-hydrogen) atoms. The quantitative estimate of drug-likeness (QED) is 0.616. The van der Waals surface area contributed by atoms with Crippen LogP contribution in [-0.4, -0.2) is 50.3 Å². The molecule has 1 saturated heterocycles. The molecule has 0 unspecified atom stereocenters. The molecule has 1 fully saturated rings. The van der Waals surface area contributed by atoms with E-state index in [0.29, 0.717) is 29.2 Å². The molecular formula is C23H28Cl2N2O3. The van der Waals surface area contributed by atoms with E-state index in [9.17, 15) is 4.79 Å². The van der Waals surface area contributed by atoms with Crippen LogP contribution in [0, 0.1) is 0 Å². The van der Waals surface area contributed by atoms with Crippen molar-refractivity contribution in [2.75, 3.05) is 33.4 Å². The van der Waals surface area contributed by atoms with Crippen LogP contribution >= 0.6 is 23.2 Å². The summed E-state index contributed by atoms with van der Waals surface area (Å²) in [7, 11) is 2.14. The molecule has 2 aromatic rings. The average Bonchev–Trinajstić information content (AvgIpc) is 2.75. The third-order valence-electron chi connectivity index (χ3n) is 5.28. The first-order valence-electron chi connectivity index (χ1n) is 10.2. The van der Waals surface area contributed by atoms with Gasteiger partial charge in [-0.3, -0.25) is 9.69 Å². The highest BCUT2D eigenvalue weighted by Crippen LogP contribution is 2.21. The van der Waals surface area contributed by atoms with Crippen LogP contribution in [0.1, 0.15) is 24.0 Å². The number of amides is 1. The molecule has 0 spiro atoms. The SMILES string of the molecule is CN(CCOc1cccc(CNC(=O)Cc2ccc(Cl)cc2Cl)c1)C1CCOCC1. The zero-order chi connectivity index (χ0) is 21.3. The summed E-state index contributed by atoms with van der Waals surface area (Å²) in [6.07, 6.45) is 2.37. The van der Waals surface area contributed by atoms with E-state index < -0.39 is 0 Å². The van der Waals surface area contributed by atoms with Gasteiger partial charge < -0.3 is 14.8 Å². The maximum absolute atomic E-state index is 12.3. The topological polar surface area (TPSA) is 50.8 Å². The molecule has 0 aliphatic carbocycles. The standard InChI is InChI=1S/C23H28Cl2N2O3/c1-27(20-7-10-29-11-8-20)9-12-30-21-4-2-3-17(13-21)16-26-23(28)14-18-5-6-19(24)15-22(18)25/h2-6,13,15,20H,7-12,14,16H2,1H3,(H,26,28). The summed E-state index contributed by atoms with van der Waals surface area (Å²) < 4.78 is 11.3. The smallest absolute Gasteiger partial charge is 0.224 e. The fraction of sp³-hybridized carbons (Fsp3) is 0.435. The van der Waals surface area contributed by atoms with Crippen molar-refractivity contribution in [1.29, 1.82) is 0 Å². The fourth-order valence-electron chi connectivity index (χ4n) is 3.46. The molecule has 0 saturated carbocycles. The van der Waals surface area contributed by atoms with Gasteiger partial charge in [0.15, 0.2) is 0 Å². The fourth-order valence-corrected chi connectivity index (χ4v) is 3.94. The number of hydrogen-bond acceptors (Lipinski definition) is 4. The summed E-state index contributed by atoms with van der Waals surface area (Å²) in [6.45, 7) is 3.61. The molecule has 162 valence electrons. The molecule has 0 atom stereocenters. The second-order valence-electron chi connectivity index (χ2n) is 7.51. The Bertz CT molecular complexity index is 841. The third-order valence-corrected chi connectivity index (χ3v) is 5.87. The number of nitrogens with one attached hydrogen (secondary N) is 1. The first kappa shape index (κ1) is 22.9. The van der Waals surface area contributed by atoms with E-state index in [0.717, 1.165) is 49.5 Å². The molecule has 0 aromatic heterocycles. The number of likely N-dealkylation sites (N-methyl/N-ethyl adjacent to an activating group) is 1. The second kappa shape index (κ2) is 11.6. The van der Waals surface area contributed by atoms with Crippen molar-refractivity contribution in [3.63, 3.8) is 0 Å². The van der Waals surface area contributed by atoms with Gasteiger partial charge in [-0.25, -0.2) is 0 Å². The zero-order valence-corrected chi connectivity index (χ0v) is 18.7. The molecule has 3 rings (SSSR count). The van der Waals surface area contributed by atoms with Crippen LogP contribution in [0.4, 0.5) is 0 Å². The van der Waals surface area contributed by atoms with E-state index in [2.05, 4.69) is 17.3 Å². The Kier molecular flexibility index (Phi) is 8.82. The average molecular weight is 451 g/mol. The van der Waals surface area contributed by atoms with Crippen molar-refractivity contribution in [2.45, 2.75) is 31.8 Å². The van der Waals surface area contributed by atoms with Gasteiger partial charge in [-0.05, 0) is 55.3 Å². The molecule has 1 aliphatic rings. The Hall–Kier alpha value is -1.79. The minimum Gasteiger partial charge on any atom is -0.492 e. The molecule has 0 bridgehead atoms. The zero-order valence-electron chi connectivity index (χ0n) is 17.2. The van der Waals surface area contributed by atoms with Crippen LogP contribution in [0.2, 0.25) is 10.0 Å². The molecule has 1 N–H and O–H groups in total. The van der Waals surface area contributed by atoms with Crippen molar-refractivity contribution in [1.82, 2.24) is 10.2 Å². The maximum atomic E-state index is 12.3. The first-order valence-corrected chi connectivity index (χ1v) is 11.0. The third kappa shape index (κ3) is 7.17. The van der Waals surface area contributed by atoms with Gasteiger partial charge in [0.1, 0.15) is 12.4 Å². The number of halogens is 2. The van der Waals surface area contributed by atoms with Crippen LogP contribution in [0.25, 0.3) is 0 Å². The minimum atomic E-state index is -0.0939. The molecule has 1 heterocycles. The molecule has 1 aliphatic heterocycles. The summed E-state index contributed by atoms with van der Waals surface area (Å²) in [6, 6.07) is 13.5. The Balaban J connectivity index is 1.42. The van der Waals surface area contributed by atoms with E-state index in [-0.39, 0.29) is 12.3 Å². The second-order valence-corrected chi connectivity index (χ2v) is 8.35. The van der Waals surface area contributed by atoms with Gasteiger partial charge in [0.2, 0.25) is 5.91 Å². The Labute approximate surface area is 188 Å². The lowest BCUT2D eigenvalue weighted by Gasteiger charge is -2.31. The highest BCUT2D eigenvalue weighted by Gasteiger charge is 2.18. The van der Waals surface area contributed by atoms with Crippen LogP contribution in [-0.2, 0) is 22.5 Å². The lowest BCUT2D eigenvalue weighted by Crippen LogP contribution is -2.38. The van der Waals surface area contributed by atoms with Gasteiger partial charge in [-0.15, -0.1) is 0 Å². The number of carbonyl (C=O) groups is 1. The first-order chi connectivity index (χ1) is 14.5. The molecule has 0 radical (unpaired) electrons. The summed E-state index contributed by atoms with van der Waals surface area (Å²) in [5.74, 6) is 0.714. The van der Waals surface area contributed by atoms with Crippen molar-refractivity contribution >= 4 is 29.1 Å². The summed E-state index contributed by atoms with van der Waals surface area (Å²) >= 11 is 12.0. The molecule has 5 nitrogen and oxygen atoms in total. The van der Waals surface area contributed by atoms with Gasteiger partial charge >= 0.3 is 0 Å². The van der Waals surface area contributed by atoms with Crippen molar-refractivity contribution < 1.29 is 14.3 Å². The normalized spacial score (nSPS) is 14.7. The Morgan fingerprint density at radius 3 is 2.77 bits per heavy atom. The van der Waals surface area contributed by atoms with Crippen LogP contribution in [0.15, 0.2) is 42.5 Å². The van der Waals surface area contributed by atoms with E-state index in [1.54, 1.807) is 18.2 Å². The lowest BCUT2D eigenvalue weighted by atomic mass is 10.1. The number of benzene rings is 2. The Morgan fingerprint density at radius 1 is 1.20 bits per heavy atom. The van der Waals surface area contributed by atoms with Crippen molar-refractivity contribution in [3.05, 3.63) is 63.6 Å². The van der Waals surface area contributed by atoms with Crippen molar-refractivity contribution in [3.8, 4) is 5.75 Å². The van der Waals surface area contributed by atoms with E-state index in [1.807, 2.05) is 24.3 Å². The molecule has 2 aromatic carbocycles.